The number of nitrogens with one attached hydrogen (secondary N) is 1. The summed E-state index contributed by atoms with van der Waals surface area (Å²) in [5.74, 6) is -0.0474. The highest BCUT2D eigenvalue weighted by atomic mass is 16.1. The van der Waals surface area contributed by atoms with E-state index in [4.69, 9.17) is 0 Å². The van der Waals surface area contributed by atoms with Gasteiger partial charge in [0.1, 0.15) is 0 Å². The third kappa shape index (κ3) is 3.79. The monoisotopic (exact) mass is 267 g/mol. The van der Waals surface area contributed by atoms with Gasteiger partial charge in [0.2, 0.25) is 5.91 Å². The topological polar surface area (TPSA) is 46.2 Å². The Morgan fingerprint density at radius 1 is 1.05 bits per heavy atom. The summed E-state index contributed by atoms with van der Waals surface area (Å²) in [6, 6.07) is 14.9. The van der Waals surface area contributed by atoms with Gasteiger partial charge in [0.15, 0.2) is 5.78 Å². The maximum Gasteiger partial charge on any atom is 0.221 e. The molecule has 0 unspecified atom stereocenters. The number of hydrogen-bond donors (Lipinski definition) is 1. The van der Waals surface area contributed by atoms with E-state index in [-0.39, 0.29) is 11.7 Å². The largest absolute Gasteiger partial charge is 0.326 e. The fourth-order valence-electron chi connectivity index (χ4n) is 2.05. The Balaban J connectivity index is 2.07. The first-order valence-electron chi connectivity index (χ1n) is 6.51. The van der Waals surface area contributed by atoms with E-state index in [0.717, 1.165) is 11.1 Å². The van der Waals surface area contributed by atoms with Gasteiger partial charge in [0, 0.05) is 24.6 Å². The fraction of sp³-hybridized carbons (Fsp3) is 0.176. The van der Waals surface area contributed by atoms with Gasteiger partial charge < -0.3 is 5.32 Å². The normalized spacial score (nSPS) is 10.1. The highest BCUT2D eigenvalue weighted by molar-refractivity contribution is 5.98. The summed E-state index contributed by atoms with van der Waals surface area (Å²) < 4.78 is 0. The molecule has 0 spiro atoms. The summed E-state index contributed by atoms with van der Waals surface area (Å²) in [7, 11) is 0. The molecule has 0 atom stereocenters. The molecule has 2 aromatic carbocycles. The van der Waals surface area contributed by atoms with Gasteiger partial charge in [-0.3, -0.25) is 9.59 Å². The molecule has 3 nitrogen and oxygen atoms in total. The highest BCUT2D eigenvalue weighted by Crippen LogP contribution is 2.13. The second-order valence-electron chi connectivity index (χ2n) is 4.85. The average molecular weight is 267 g/mol. The molecule has 102 valence electrons. The summed E-state index contributed by atoms with van der Waals surface area (Å²) in [4.78, 5) is 23.1. The van der Waals surface area contributed by atoms with Crippen molar-refractivity contribution in [2.45, 2.75) is 20.3 Å². The Labute approximate surface area is 118 Å². The summed E-state index contributed by atoms with van der Waals surface area (Å²) in [5.41, 5.74) is 3.52. The van der Waals surface area contributed by atoms with E-state index in [1.807, 2.05) is 31.2 Å². The molecule has 1 N–H and O–H groups in total. The third-order valence-corrected chi connectivity index (χ3v) is 2.97. The standard InChI is InChI=1S/C17H17NO2/c1-12-4-3-5-14(10-12)11-17(20)15-6-8-16(9-7-15)18-13(2)19/h3-10H,11H2,1-2H3,(H,18,19). The predicted molar refractivity (Wildman–Crippen MR) is 80.0 cm³/mol. The Bertz CT molecular complexity index is 630. The minimum Gasteiger partial charge on any atom is -0.326 e. The number of aryl methyl sites for hydroxylation is 1. The van der Waals surface area contributed by atoms with Crippen LogP contribution >= 0.6 is 0 Å². The van der Waals surface area contributed by atoms with E-state index in [1.54, 1.807) is 24.3 Å². The smallest absolute Gasteiger partial charge is 0.221 e. The van der Waals surface area contributed by atoms with Crippen LogP contribution in [0.1, 0.15) is 28.4 Å². The number of rotatable bonds is 4. The van der Waals surface area contributed by atoms with Crippen molar-refractivity contribution in [3.63, 3.8) is 0 Å². The van der Waals surface area contributed by atoms with Crippen LogP contribution < -0.4 is 5.32 Å². The summed E-state index contributed by atoms with van der Waals surface area (Å²) in [6.45, 7) is 3.47. The molecule has 20 heavy (non-hydrogen) atoms. The van der Waals surface area contributed by atoms with Gasteiger partial charge in [0.05, 0.1) is 0 Å². The molecule has 0 saturated carbocycles. The summed E-state index contributed by atoms with van der Waals surface area (Å²) in [6.07, 6.45) is 0.390. The molecule has 1 amide bonds. The molecule has 0 aliphatic carbocycles. The molecular formula is C17H17NO2. The quantitative estimate of drug-likeness (QED) is 0.863. The van der Waals surface area contributed by atoms with E-state index < -0.39 is 0 Å². The number of carbonyl (C=O) groups is 2. The second-order valence-corrected chi connectivity index (χ2v) is 4.85. The molecule has 2 rings (SSSR count). The molecule has 0 aliphatic heterocycles. The zero-order valence-corrected chi connectivity index (χ0v) is 11.6. The highest BCUT2D eigenvalue weighted by Gasteiger charge is 2.07. The van der Waals surface area contributed by atoms with Crippen molar-refractivity contribution >= 4 is 17.4 Å². The van der Waals surface area contributed by atoms with Crippen LogP contribution in [0.5, 0.6) is 0 Å². The SMILES string of the molecule is CC(=O)Nc1ccc(C(=O)Cc2cccc(C)c2)cc1. The Morgan fingerprint density at radius 2 is 1.75 bits per heavy atom. The molecule has 2 aromatic rings. The number of benzene rings is 2. The number of amides is 1. The predicted octanol–water partition coefficient (Wildman–Crippen LogP) is 3.38. The van der Waals surface area contributed by atoms with Crippen LogP contribution in [0.15, 0.2) is 48.5 Å². The fourth-order valence-corrected chi connectivity index (χ4v) is 2.05. The first kappa shape index (κ1) is 14.0. The number of ketones is 1. The lowest BCUT2D eigenvalue weighted by atomic mass is 10.0. The van der Waals surface area contributed by atoms with Gasteiger partial charge >= 0.3 is 0 Å². The van der Waals surface area contributed by atoms with Crippen LogP contribution in [0.2, 0.25) is 0 Å². The van der Waals surface area contributed by atoms with Crippen molar-refractivity contribution in [1.29, 1.82) is 0 Å². The van der Waals surface area contributed by atoms with Crippen LogP contribution in [0.4, 0.5) is 5.69 Å². The van der Waals surface area contributed by atoms with E-state index in [2.05, 4.69) is 5.32 Å². The lowest BCUT2D eigenvalue weighted by molar-refractivity contribution is -0.114. The first-order chi connectivity index (χ1) is 9.54. The maximum absolute atomic E-state index is 12.2. The van der Waals surface area contributed by atoms with Gasteiger partial charge in [-0.15, -0.1) is 0 Å². The lowest BCUT2D eigenvalue weighted by Crippen LogP contribution is -2.07. The third-order valence-electron chi connectivity index (χ3n) is 2.97. The van der Waals surface area contributed by atoms with Crippen LogP contribution in [-0.2, 0) is 11.2 Å². The molecule has 0 radical (unpaired) electrons. The van der Waals surface area contributed by atoms with Gasteiger partial charge in [0.25, 0.3) is 0 Å². The van der Waals surface area contributed by atoms with E-state index >= 15 is 0 Å². The van der Waals surface area contributed by atoms with E-state index in [1.165, 1.54) is 6.92 Å². The summed E-state index contributed by atoms with van der Waals surface area (Å²) >= 11 is 0. The van der Waals surface area contributed by atoms with Crippen molar-refractivity contribution in [3.8, 4) is 0 Å². The molecular weight excluding hydrogens is 250 g/mol. The number of carbonyl (C=O) groups excluding carboxylic acids is 2. The molecule has 3 heteroatoms. The van der Waals surface area contributed by atoms with Crippen LogP contribution in [0.3, 0.4) is 0 Å². The molecule has 0 heterocycles. The Kier molecular flexibility index (Phi) is 4.31. The van der Waals surface area contributed by atoms with Crippen molar-refractivity contribution in [3.05, 3.63) is 65.2 Å². The molecule has 0 saturated heterocycles. The van der Waals surface area contributed by atoms with E-state index in [9.17, 15) is 9.59 Å². The number of hydrogen-bond acceptors (Lipinski definition) is 2. The molecule has 0 aromatic heterocycles. The molecule has 0 fully saturated rings. The second kappa shape index (κ2) is 6.15. The number of anilines is 1. The van der Waals surface area contributed by atoms with Gasteiger partial charge in [-0.2, -0.15) is 0 Å². The van der Waals surface area contributed by atoms with Crippen molar-refractivity contribution in [1.82, 2.24) is 0 Å². The van der Waals surface area contributed by atoms with Crippen LogP contribution in [0, 0.1) is 6.92 Å². The Morgan fingerprint density at radius 3 is 2.35 bits per heavy atom. The minimum absolute atomic E-state index is 0.0741. The summed E-state index contributed by atoms with van der Waals surface area (Å²) in [5, 5.41) is 2.68. The van der Waals surface area contributed by atoms with Crippen molar-refractivity contribution in [2.24, 2.45) is 0 Å². The first-order valence-corrected chi connectivity index (χ1v) is 6.51. The van der Waals surface area contributed by atoms with Crippen molar-refractivity contribution in [2.75, 3.05) is 5.32 Å². The van der Waals surface area contributed by atoms with E-state index in [0.29, 0.717) is 17.7 Å². The van der Waals surface area contributed by atoms with Gasteiger partial charge in [-0.25, -0.2) is 0 Å². The maximum atomic E-state index is 12.2. The minimum atomic E-state index is -0.121. The van der Waals surface area contributed by atoms with Crippen LogP contribution in [0.25, 0.3) is 0 Å². The lowest BCUT2D eigenvalue weighted by Gasteiger charge is -2.05. The molecule has 0 aliphatic rings. The van der Waals surface area contributed by atoms with Crippen LogP contribution in [-0.4, -0.2) is 11.7 Å². The average Bonchev–Trinajstić information content (AvgIpc) is 2.38. The number of Topliss-reactive ketones (excluding diaryl/α,β-unsaturated/α-hetero) is 1. The van der Waals surface area contributed by atoms with Gasteiger partial charge in [-0.1, -0.05) is 29.8 Å². The zero-order valence-electron chi connectivity index (χ0n) is 11.6. The van der Waals surface area contributed by atoms with Crippen molar-refractivity contribution < 1.29 is 9.59 Å². The zero-order chi connectivity index (χ0) is 14.5. The Hall–Kier alpha value is -2.42. The van der Waals surface area contributed by atoms with Gasteiger partial charge in [-0.05, 0) is 36.8 Å². The molecule has 0 bridgehead atoms.